The zero-order chi connectivity index (χ0) is 11.4. The van der Waals surface area contributed by atoms with Gasteiger partial charge in [0, 0.05) is 12.6 Å². The summed E-state index contributed by atoms with van der Waals surface area (Å²) in [6, 6.07) is 6.74. The topological polar surface area (TPSA) is 41.5 Å². The van der Waals surface area contributed by atoms with Crippen molar-refractivity contribution in [3.63, 3.8) is 0 Å². The van der Waals surface area contributed by atoms with Crippen molar-refractivity contribution in [3.8, 4) is 5.75 Å². The van der Waals surface area contributed by atoms with Crippen LogP contribution in [0.2, 0.25) is 0 Å². The average Bonchev–Trinajstić information content (AvgIpc) is 2.35. The predicted molar refractivity (Wildman–Crippen MR) is 63.9 cm³/mol. The molecule has 2 rings (SSSR count). The molecule has 1 aromatic rings. The minimum absolute atomic E-state index is 0.210. The predicted octanol–water partition coefficient (Wildman–Crippen LogP) is 1.13. The lowest BCUT2D eigenvalue weighted by molar-refractivity contribution is 0.280. The molecular weight excluding hydrogens is 202 g/mol. The summed E-state index contributed by atoms with van der Waals surface area (Å²) in [5, 5.41) is 12.2. The Kier molecular flexibility index (Phi) is 3.80. The van der Waals surface area contributed by atoms with Crippen molar-refractivity contribution in [1.82, 2.24) is 5.32 Å². The van der Waals surface area contributed by atoms with Gasteiger partial charge in [0.25, 0.3) is 0 Å². The first-order valence-electron chi connectivity index (χ1n) is 5.84. The minimum Gasteiger partial charge on any atom is -0.496 e. The third-order valence-electron chi connectivity index (χ3n) is 3.20. The maximum absolute atomic E-state index is 8.79. The molecule has 0 radical (unpaired) electrons. The van der Waals surface area contributed by atoms with E-state index >= 15 is 0 Å². The van der Waals surface area contributed by atoms with Crippen LogP contribution in [0.4, 0.5) is 0 Å². The van der Waals surface area contributed by atoms with E-state index in [4.69, 9.17) is 9.84 Å². The molecule has 1 aromatic carbocycles. The molecule has 0 heterocycles. The van der Waals surface area contributed by atoms with Gasteiger partial charge < -0.3 is 15.2 Å². The molecule has 1 atom stereocenters. The Bertz CT molecular complexity index is 352. The molecule has 88 valence electrons. The molecule has 0 bridgehead atoms. The van der Waals surface area contributed by atoms with Crippen LogP contribution in [0.1, 0.15) is 17.5 Å². The van der Waals surface area contributed by atoms with Gasteiger partial charge in [-0.1, -0.05) is 12.1 Å². The number of nitrogens with one attached hydrogen (secondary N) is 1. The van der Waals surface area contributed by atoms with Crippen LogP contribution in [0.5, 0.6) is 5.75 Å². The van der Waals surface area contributed by atoms with Crippen molar-refractivity contribution >= 4 is 0 Å². The number of aliphatic hydroxyl groups is 1. The van der Waals surface area contributed by atoms with Crippen molar-refractivity contribution in [2.45, 2.75) is 25.3 Å². The van der Waals surface area contributed by atoms with Gasteiger partial charge >= 0.3 is 0 Å². The maximum Gasteiger partial charge on any atom is 0.122 e. The summed E-state index contributed by atoms with van der Waals surface area (Å²) in [5.41, 5.74) is 2.73. The van der Waals surface area contributed by atoms with Crippen molar-refractivity contribution < 1.29 is 9.84 Å². The Balaban J connectivity index is 2.09. The Morgan fingerprint density at radius 3 is 3.12 bits per heavy atom. The van der Waals surface area contributed by atoms with E-state index in [0.29, 0.717) is 12.6 Å². The van der Waals surface area contributed by atoms with E-state index in [0.717, 1.165) is 25.0 Å². The van der Waals surface area contributed by atoms with Crippen molar-refractivity contribution in [1.29, 1.82) is 0 Å². The first-order valence-corrected chi connectivity index (χ1v) is 5.84. The largest absolute Gasteiger partial charge is 0.496 e. The van der Waals surface area contributed by atoms with Crippen LogP contribution in [0.25, 0.3) is 0 Å². The van der Waals surface area contributed by atoms with Crippen LogP contribution in [0, 0.1) is 0 Å². The highest BCUT2D eigenvalue weighted by Crippen LogP contribution is 2.29. The highest BCUT2D eigenvalue weighted by atomic mass is 16.5. The second-order valence-corrected chi connectivity index (χ2v) is 4.22. The molecule has 0 aromatic heterocycles. The molecule has 2 N–H and O–H groups in total. The number of fused-ring (bicyclic) bond motifs is 1. The molecule has 0 unspecified atom stereocenters. The van der Waals surface area contributed by atoms with Gasteiger partial charge in [-0.15, -0.1) is 0 Å². The van der Waals surface area contributed by atoms with Crippen LogP contribution in [-0.2, 0) is 12.8 Å². The van der Waals surface area contributed by atoms with E-state index in [1.54, 1.807) is 7.11 Å². The summed E-state index contributed by atoms with van der Waals surface area (Å²) in [6.07, 6.45) is 3.21. The van der Waals surface area contributed by atoms with E-state index in [9.17, 15) is 0 Å². The van der Waals surface area contributed by atoms with Crippen LogP contribution in [0.3, 0.4) is 0 Å². The van der Waals surface area contributed by atoms with E-state index in [1.807, 2.05) is 12.1 Å². The minimum atomic E-state index is 0.210. The average molecular weight is 221 g/mol. The normalized spacial score (nSPS) is 19.2. The summed E-state index contributed by atoms with van der Waals surface area (Å²) in [5.74, 6) is 1.01. The van der Waals surface area contributed by atoms with Gasteiger partial charge in [-0.2, -0.15) is 0 Å². The van der Waals surface area contributed by atoms with Crippen LogP contribution < -0.4 is 10.1 Å². The molecular formula is C13H19NO2. The molecule has 0 amide bonds. The fraction of sp³-hybridized carbons (Fsp3) is 0.538. The number of hydrogen-bond donors (Lipinski definition) is 2. The quantitative estimate of drug-likeness (QED) is 0.801. The van der Waals surface area contributed by atoms with Crippen molar-refractivity contribution in [2.24, 2.45) is 0 Å². The third-order valence-corrected chi connectivity index (χ3v) is 3.20. The summed E-state index contributed by atoms with van der Waals surface area (Å²) in [7, 11) is 1.73. The van der Waals surface area contributed by atoms with Gasteiger partial charge in [0.1, 0.15) is 5.75 Å². The number of benzene rings is 1. The number of aliphatic hydroxyl groups excluding tert-OH is 1. The van der Waals surface area contributed by atoms with Gasteiger partial charge in [-0.05, 0) is 36.5 Å². The Labute approximate surface area is 96.4 Å². The Morgan fingerprint density at radius 2 is 2.38 bits per heavy atom. The Morgan fingerprint density at radius 1 is 1.50 bits per heavy atom. The number of ether oxygens (including phenoxy) is 1. The van der Waals surface area contributed by atoms with Gasteiger partial charge in [0.05, 0.1) is 13.7 Å². The lowest BCUT2D eigenvalue weighted by Gasteiger charge is -2.26. The molecule has 0 spiro atoms. The summed E-state index contributed by atoms with van der Waals surface area (Å²) in [6.45, 7) is 0.894. The number of rotatable bonds is 4. The summed E-state index contributed by atoms with van der Waals surface area (Å²) < 4.78 is 5.37. The molecule has 16 heavy (non-hydrogen) atoms. The van der Waals surface area contributed by atoms with E-state index in [2.05, 4.69) is 11.4 Å². The van der Waals surface area contributed by atoms with Gasteiger partial charge in [-0.25, -0.2) is 0 Å². The Hall–Kier alpha value is -1.06. The maximum atomic E-state index is 8.79. The number of hydrogen-bond acceptors (Lipinski definition) is 3. The standard InChI is InChI=1S/C13H19NO2/c1-16-13-4-2-3-10-9-11(14-7-8-15)5-6-12(10)13/h2-4,11,14-15H,5-9H2,1H3/t11-/m0/s1. The molecule has 3 heteroatoms. The van der Waals surface area contributed by atoms with E-state index in [-0.39, 0.29) is 6.61 Å². The lowest BCUT2D eigenvalue weighted by Crippen LogP contribution is -2.36. The first-order chi connectivity index (χ1) is 7.85. The first kappa shape index (κ1) is 11.4. The molecule has 0 fully saturated rings. The zero-order valence-corrected chi connectivity index (χ0v) is 9.70. The smallest absolute Gasteiger partial charge is 0.122 e. The molecule has 1 aliphatic carbocycles. The number of methoxy groups -OCH3 is 1. The molecule has 3 nitrogen and oxygen atoms in total. The highest BCUT2D eigenvalue weighted by molar-refractivity contribution is 5.42. The van der Waals surface area contributed by atoms with Crippen molar-refractivity contribution in [3.05, 3.63) is 29.3 Å². The van der Waals surface area contributed by atoms with Crippen LogP contribution in [-0.4, -0.2) is 31.4 Å². The highest BCUT2D eigenvalue weighted by Gasteiger charge is 2.20. The fourth-order valence-corrected chi connectivity index (χ4v) is 2.41. The molecule has 0 saturated carbocycles. The van der Waals surface area contributed by atoms with Crippen LogP contribution >= 0.6 is 0 Å². The van der Waals surface area contributed by atoms with E-state index < -0.39 is 0 Å². The second-order valence-electron chi connectivity index (χ2n) is 4.22. The SMILES string of the molecule is COc1cccc2c1CC[C@H](NCCO)C2. The van der Waals surface area contributed by atoms with Gasteiger partial charge in [-0.3, -0.25) is 0 Å². The van der Waals surface area contributed by atoms with Crippen LogP contribution in [0.15, 0.2) is 18.2 Å². The zero-order valence-electron chi connectivity index (χ0n) is 9.70. The molecule has 0 saturated heterocycles. The summed E-state index contributed by atoms with van der Waals surface area (Å²) in [4.78, 5) is 0. The third kappa shape index (κ3) is 2.36. The monoisotopic (exact) mass is 221 g/mol. The van der Waals surface area contributed by atoms with Crippen molar-refractivity contribution in [2.75, 3.05) is 20.3 Å². The van der Waals surface area contributed by atoms with Gasteiger partial charge in [0.2, 0.25) is 0 Å². The fourth-order valence-electron chi connectivity index (χ4n) is 2.41. The lowest BCUT2D eigenvalue weighted by atomic mass is 9.87. The van der Waals surface area contributed by atoms with E-state index in [1.165, 1.54) is 11.1 Å². The van der Waals surface area contributed by atoms with Gasteiger partial charge in [0.15, 0.2) is 0 Å². The molecule has 0 aliphatic heterocycles. The second kappa shape index (κ2) is 5.32. The summed E-state index contributed by atoms with van der Waals surface area (Å²) >= 11 is 0. The molecule has 1 aliphatic rings.